The molecule has 1 aliphatic heterocycles. The molecule has 1 aliphatic carbocycles. The van der Waals surface area contributed by atoms with E-state index in [1.807, 2.05) is 18.2 Å². The van der Waals surface area contributed by atoms with Crippen LogP contribution in [0, 0.1) is 0 Å². The molecule has 0 saturated carbocycles. The van der Waals surface area contributed by atoms with Crippen molar-refractivity contribution in [3.05, 3.63) is 23.8 Å². The summed E-state index contributed by atoms with van der Waals surface area (Å²) in [5, 5.41) is 0. The Bertz CT molecular complexity index is 273. The molecule has 0 aromatic carbocycles. The molecule has 1 unspecified atom stereocenters. The summed E-state index contributed by atoms with van der Waals surface area (Å²) in [6.45, 7) is 0. The summed E-state index contributed by atoms with van der Waals surface area (Å²) in [4.78, 5) is 15.4. The zero-order valence-electron chi connectivity index (χ0n) is 6.16. The van der Waals surface area contributed by atoms with Gasteiger partial charge in [0.2, 0.25) is 0 Å². The molecule has 2 nitrogen and oxygen atoms in total. The molecule has 0 aromatic rings. The van der Waals surface area contributed by atoms with Crippen LogP contribution in [-0.4, -0.2) is 18.0 Å². The summed E-state index contributed by atoms with van der Waals surface area (Å²) in [6.07, 6.45) is 9.08. The Balaban J connectivity index is 2.36. The summed E-state index contributed by atoms with van der Waals surface area (Å²) >= 11 is 0. The van der Waals surface area contributed by atoms with E-state index in [1.165, 1.54) is 0 Å². The van der Waals surface area contributed by atoms with Crippen molar-refractivity contribution in [1.82, 2.24) is 0 Å². The molecule has 0 bridgehead atoms. The van der Waals surface area contributed by atoms with Crippen molar-refractivity contribution in [3.8, 4) is 0 Å². The minimum absolute atomic E-state index is 0.0324. The van der Waals surface area contributed by atoms with Crippen molar-refractivity contribution in [3.63, 3.8) is 0 Å². The van der Waals surface area contributed by atoms with Crippen LogP contribution in [0.5, 0.6) is 0 Å². The van der Waals surface area contributed by atoms with Crippen LogP contribution in [0.3, 0.4) is 0 Å². The predicted molar refractivity (Wildman–Crippen MR) is 43.7 cm³/mol. The number of allylic oxidation sites excluding steroid dienone is 2. The third-order valence-corrected chi connectivity index (χ3v) is 1.98. The van der Waals surface area contributed by atoms with E-state index in [0.717, 1.165) is 12.0 Å². The van der Waals surface area contributed by atoms with E-state index < -0.39 is 0 Å². The fourth-order valence-corrected chi connectivity index (χ4v) is 1.40. The van der Waals surface area contributed by atoms with Gasteiger partial charge in [-0.25, -0.2) is 0 Å². The first kappa shape index (κ1) is 6.53. The average molecular weight is 147 g/mol. The Morgan fingerprint density at radius 2 is 2.45 bits per heavy atom. The predicted octanol–water partition coefficient (Wildman–Crippen LogP) is 1.28. The lowest BCUT2D eigenvalue weighted by atomic mass is 9.94. The van der Waals surface area contributed by atoms with Crippen molar-refractivity contribution in [2.24, 2.45) is 4.99 Å². The smallest absolute Gasteiger partial charge is 0.166 e. The van der Waals surface area contributed by atoms with E-state index in [4.69, 9.17) is 0 Å². The molecular weight excluding hydrogens is 138 g/mol. The van der Waals surface area contributed by atoms with E-state index in [1.54, 1.807) is 6.21 Å². The van der Waals surface area contributed by atoms with Crippen LogP contribution < -0.4 is 0 Å². The second kappa shape index (κ2) is 2.46. The summed E-state index contributed by atoms with van der Waals surface area (Å²) < 4.78 is 0. The lowest BCUT2D eigenvalue weighted by molar-refractivity contribution is -0.114. The molecule has 0 aromatic heterocycles. The van der Waals surface area contributed by atoms with Crippen LogP contribution >= 0.6 is 0 Å². The van der Waals surface area contributed by atoms with Gasteiger partial charge in [-0.2, -0.15) is 0 Å². The lowest BCUT2D eigenvalue weighted by Crippen LogP contribution is -2.21. The number of hydrogen-bond donors (Lipinski definition) is 0. The average Bonchev–Trinajstić information content (AvgIpc) is 2.06. The fraction of sp³-hybridized carbons (Fsp3) is 0.333. The number of Topliss-reactive ketones (excluding diaryl/α,β-unsaturated/α-hetero) is 1. The van der Waals surface area contributed by atoms with Gasteiger partial charge < -0.3 is 0 Å². The summed E-state index contributed by atoms with van der Waals surface area (Å²) in [7, 11) is 0. The highest BCUT2D eigenvalue weighted by Gasteiger charge is 2.21. The molecule has 1 heterocycles. The van der Waals surface area contributed by atoms with Gasteiger partial charge >= 0.3 is 0 Å². The van der Waals surface area contributed by atoms with Crippen LogP contribution in [-0.2, 0) is 4.79 Å². The van der Waals surface area contributed by atoms with E-state index in [2.05, 4.69) is 4.99 Å². The van der Waals surface area contributed by atoms with Gasteiger partial charge in [0.1, 0.15) is 0 Å². The van der Waals surface area contributed by atoms with E-state index in [-0.39, 0.29) is 11.8 Å². The maximum Gasteiger partial charge on any atom is 0.166 e. The summed E-state index contributed by atoms with van der Waals surface area (Å²) in [6, 6.07) is 0.0324. The zero-order valence-corrected chi connectivity index (χ0v) is 6.16. The Morgan fingerprint density at radius 1 is 1.55 bits per heavy atom. The molecule has 0 amide bonds. The Labute approximate surface area is 65.3 Å². The van der Waals surface area contributed by atoms with Gasteiger partial charge in [0, 0.05) is 18.2 Å². The van der Waals surface area contributed by atoms with Crippen LogP contribution in [0.15, 0.2) is 28.8 Å². The van der Waals surface area contributed by atoms with Gasteiger partial charge in [0.05, 0.1) is 6.04 Å². The lowest BCUT2D eigenvalue weighted by Gasteiger charge is -2.17. The molecule has 2 rings (SSSR count). The summed E-state index contributed by atoms with van der Waals surface area (Å²) in [5.74, 6) is 0.231. The first-order valence-corrected chi connectivity index (χ1v) is 3.79. The maximum atomic E-state index is 11.2. The Kier molecular flexibility index (Phi) is 1.46. The molecular formula is C9H9NO. The molecule has 0 fully saturated rings. The number of ketones is 1. The fourth-order valence-electron chi connectivity index (χ4n) is 1.40. The SMILES string of the molecule is O=C1CC=NC2C=CCC=C12. The second-order valence-electron chi connectivity index (χ2n) is 2.73. The first-order valence-electron chi connectivity index (χ1n) is 3.79. The third kappa shape index (κ3) is 1.04. The quantitative estimate of drug-likeness (QED) is 0.475. The zero-order chi connectivity index (χ0) is 7.68. The number of nitrogens with zero attached hydrogens (tertiary/aromatic N) is 1. The third-order valence-electron chi connectivity index (χ3n) is 1.98. The number of rotatable bonds is 0. The second-order valence-corrected chi connectivity index (χ2v) is 2.73. The molecule has 0 N–H and O–H groups in total. The van der Waals surface area contributed by atoms with Crippen molar-refractivity contribution in [2.75, 3.05) is 0 Å². The minimum atomic E-state index is 0.0324. The number of carbonyl (C=O) groups excluding carboxylic acids is 1. The number of hydrogen-bond acceptors (Lipinski definition) is 2. The molecule has 2 aliphatic rings. The number of fused-ring (bicyclic) bond motifs is 1. The first-order chi connectivity index (χ1) is 5.38. The topological polar surface area (TPSA) is 29.4 Å². The van der Waals surface area contributed by atoms with Crippen LogP contribution in [0.1, 0.15) is 12.8 Å². The van der Waals surface area contributed by atoms with E-state index >= 15 is 0 Å². The Morgan fingerprint density at radius 3 is 3.27 bits per heavy atom. The molecule has 0 spiro atoms. The molecule has 2 heteroatoms. The normalized spacial score (nSPS) is 28.2. The standard InChI is InChI=1S/C9H9NO/c11-9-5-6-10-8-4-2-1-3-7(8)9/h2-4,6,8H,1,5H2. The largest absolute Gasteiger partial charge is 0.294 e. The molecule has 0 radical (unpaired) electrons. The van der Waals surface area contributed by atoms with Crippen molar-refractivity contribution >= 4 is 12.0 Å². The minimum Gasteiger partial charge on any atom is -0.294 e. The van der Waals surface area contributed by atoms with E-state index in [9.17, 15) is 4.79 Å². The summed E-state index contributed by atoms with van der Waals surface area (Å²) in [5.41, 5.74) is 0.884. The van der Waals surface area contributed by atoms with E-state index in [0.29, 0.717) is 6.42 Å². The Hall–Kier alpha value is -1.18. The van der Waals surface area contributed by atoms with Crippen molar-refractivity contribution in [1.29, 1.82) is 0 Å². The molecule has 0 saturated heterocycles. The monoisotopic (exact) mass is 147 g/mol. The highest BCUT2D eigenvalue weighted by molar-refractivity contribution is 6.06. The molecule has 56 valence electrons. The molecule has 1 atom stereocenters. The van der Waals surface area contributed by atoms with Crippen molar-refractivity contribution in [2.45, 2.75) is 18.9 Å². The highest BCUT2D eigenvalue weighted by Crippen LogP contribution is 2.19. The number of carbonyl (C=O) groups is 1. The van der Waals surface area contributed by atoms with Gasteiger partial charge in [-0.1, -0.05) is 18.2 Å². The van der Waals surface area contributed by atoms with Crippen molar-refractivity contribution < 1.29 is 4.79 Å². The van der Waals surface area contributed by atoms with Gasteiger partial charge in [-0.15, -0.1) is 0 Å². The van der Waals surface area contributed by atoms with Crippen LogP contribution in [0.2, 0.25) is 0 Å². The van der Waals surface area contributed by atoms with Gasteiger partial charge in [0.15, 0.2) is 5.78 Å². The molecule has 11 heavy (non-hydrogen) atoms. The van der Waals surface area contributed by atoms with Gasteiger partial charge in [0.25, 0.3) is 0 Å². The van der Waals surface area contributed by atoms with Gasteiger partial charge in [-0.3, -0.25) is 9.79 Å². The maximum absolute atomic E-state index is 11.2. The highest BCUT2D eigenvalue weighted by atomic mass is 16.1. The van der Waals surface area contributed by atoms with Crippen LogP contribution in [0.25, 0.3) is 0 Å². The van der Waals surface area contributed by atoms with Crippen LogP contribution in [0.4, 0.5) is 0 Å². The van der Waals surface area contributed by atoms with Gasteiger partial charge in [-0.05, 0) is 6.42 Å². The number of aliphatic imine (C=N–C) groups is 1.